The third kappa shape index (κ3) is 4.32. The normalized spacial score (nSPS) is 12.8. The molecule has 2 heterocycles. The van der Waals surface area contributed by atoms with Crippen LogP contribution in [0.15, 0.2) is 51.6 Å². The first-order chi connectivity index (χ1) is 13.6. The van der Waals surface area contributed by atoms with Gasteiger partial charge in [-0.15, -0.1) is 11.3 Å². The lowest BCUT2D eigenvalue weighted by atomic mass is 10.2. The van der Waals surface area contributed by atoms with Crippen molar-refractivity contribution in [3.8, 4) is 0 Å². The molecule has 1 aliphatic rings. The van der Waals surface area contributed by atoms with Gasteiger partial charge in [0.05, 0.1) is 12.3 Å². The minimum atomic E-state index is -0.244. The van der Waals surface area contributed by atoms with Crippen LogP contribution in [0.3, 0.4) is 0 Å². The molecule has 1 aliphatic carbocycles. The Morgan fingerprint density at radius 2 is 2.18 bits per heavy atom. The maximum absolute atomic E-state index is 12.6. The lowest BCUT2D eigenvalue weighted by molar-refractivity contribution is -0.113. The number of aromatic nitrogens is 2. The van der Waals surface area contributed by atoms with Gasteiger partial charge < -0.3 is 5.32 Å². The Balaban J connectivity index is 1.49. The standard InChI is InChI=1S/C20H18ClN3O2S2/c21-13-4-1-5-14(10-13)22-18(25)12-28-19-16-7-2-8-17(16)24(20(26)23-19)11-15-6-3-9-27-15/h1,3-6,9-10H,2,7-8,11-12H2,(H,22,25). The Morgan fingerprint density at radius 1 is 1.29 bits per heavy atom. The first-order valence-electron chi connectivity index (χ1n) is 8.93. The fourth-order valence-electron chi connectivity index (χ4n) is 3.32. The third-order valence-electron chi connectivity index (χ3n) is 4.54. The van der Waals surface area contributed by atoms with Crippen LogP contribution in [0.25, 0.3) is 0 Å². The highest BCUT2D eigenvalue weighted by Crippen LogP contribution is 2.30. The predicted octanol–water partition coefficient (Wildman–Crippen LogP) is 4.23. The molecule has 144 valence electrons. The summed E-state index contributed by atoms with van der Waals surface area (Å²) in [5, 5.41) is 6.08. The average molecular weight is 432 g/mol. The number of nitrogens with zero attached hydrogens (tertiary/aromatic N) is 2. The van der Waals surface area contributed by atoms with E-state index in [-0.39, 0.29) is 17.3 Å². The molecule has 1 N–H and O–H groups in total. The summed E-state index contributed by atoms with van der Waals surface area (Å²) in [6, 6.07) is 11.0. The number of amides is 1. The van der Waals surface area contributed by atoms with Gasteiger partial charge in [-0.3, -0.25) is 9.36 Å². The van der Waals surface area contributed by atoms with Crippen molar-refractivity contribution >= 4 is 46.3 Å². The summed E-state index contributed by atoms with van der Waals surface area (Å²) in [6.45, 7) is 0.562. The number of fused-ring (bicyclic) bond motifs is 1. The van der Waals surface area contributed by atoms with Gasteiger partial charge in [0.1, 0.15) is 5.03 Å². The van der Waals surface area contributed by atoms with Gasteiger partial charge in [-0.25, -0.2) is 4.79 Å². The number of benzene rings is 1. The molecular formula is C20H18ClN3O2S2. The molecule has 1 aromatic carbocycles. The van der Waals surface area contributed by atoms with Crippen LogP contribution in [-0.2, 0) is 24.2 Å². The Morgan fingerprint density at radius 3 is 2.96 bits per heavy atom. The molecule has 0 saturated carbocycles. The Labute approximate surface area is 175 Å². The molecule has 4 rings (SSSR count). The second-order valence-electron chi connectivity index (χ2n) is 6.49. The zero-order chi connectivity index (χ0) is 19.5. The molecular weight excluding hydrogens is 414 g/mol. The number of thioether (sulfide) groups is 1. The SMILES string of the molecule is O=C(CSc1nc(=O)n(Cc2cccs2)c2c1CCC2)Nc1cccc(Cl)c1. The summed E-state index contributed by atoms with van der Waals surface area (Å²) in [5.41, 5.74) is 2.58. The van der Waals surface area contributed by atoms with E-state index in [4.69, 9.17) is 11.6 Å². The quantitative estimate of drug-likeness (QED) is 0.468. The molecule has 0 spiro atoms. The van der Waals surface area contributed by atoms with Gasteiger partial charge in [0.15, 0.2) is 0 Å². The molecule has 8 heteroatoms. The maximum atomic E-state index is 12.6. The highest BCUT2D eigenvalue weighted by molar-refractivity contribution is 8.00. The third-order valence-corrected chi connectivity index (χ3v) is 6.66. The van der Waals surface area contributed by atoms with Gasteiger partial charge in [-0.2, -0.15) is 4.98 Å². The van der Waals surface area contributed by atoms with E-state index in [0.717, 1.165) is 35.4 Å². The van der Waals surface area contributed by atoms with Gasteiger partial charge in [-0.1, -0.05) is 35.5 Å². The van der Waals surface area contributed by atoms with Gasteiger partial charge in [0.25, 0.3) is 0 Å². The van der Waals surface area contributed by atoms with Gasteiger partial charge in [0.2, 0.25) is 5.91 Å². The lowest BCUT2D eigenvalue weighted by Gasteiger charge is -2.13. The average Bonchev–Trinajstić information content (AvgIpc) is 3.34. The first-order valence-corrected chi connectivity index (χ1v) is 11.2. The van der Waals surface area contributed by atoms with E-state index in [0.29, 0.717) is 22.3 Å². The van der Waals surface area contributed by atoms with Crippen molar-refractivity contribution < 1.29 is 4.79 Å². The number of hydrogen-bond acceptors (Lipinski definition) is 5. The summed E-state index contributed by atoms with van der Waals surface area (Å²) in [4.78, 5) is 30.3. The Hall–Kier alpha value is -2.09. The first kappa shape index (κ1) is 19.2. The van der Waals surface area contributed by atoms with Crippen molar-refractivity contribution in [1.82, 2.24) is 9.55 Å². The van der Waals surface area contributed by atoms with Crippen LogP contribution in [0.5, 0.6) is 0 Å². The molecule has 0 unspecified atom stereocenters. The molecule has 5 nitrogen and oxygen atoms in total. The van der Waals surface area contributed by atoms with E-state index in [1.807, 2.05) is 17.5 Å². The molecule has 0 bridgehead atoms. The van der Waals surface area contributed by atoms with E-state index in [1.165, 1.54) is 11.8 Å². The number of thiophene rings is 1. The van der Waals surface area contributed by atoms with Crippen molar-refractivity contribution in [2.45, 2.75) is 30.8 Å². The van der Waals surface area contributed by atoms with E-state index < -0.39 is 0 Å². The molecule has 3 aromatic rings. The number of carbonyl (C=O) groups excluding carboxylic acids is 1. The number of carbonyl (C=O) groups is 1. The fourth-order valence-corrected chi connectivity index (χ4v) is 5.08. The second-order valence-corrected chi connectivity index (χ2v) is 8.92. The van der Waals surface area contributed by atoms with E-state index in [1.54, 1.807) is 40.2 Å². The van der Waals surface area contributed by atoms with Crippen molar-refractivity contribution in [1.29, 1.82) is 0 Å². The van der Waals surface area contributed by atoms with Crippen LogP contribution in [0.1, 0.15) is 22.6 Å². The molecule has 0 saturated heterocycles. The summed E-state index contributed by atoms with van der Waals surface area (Å²) in [5.74, 6) is 0.0453. The van der Waals surface area contributed by atoms with E-state index in [2.05, 4.69) is 10.3 Å². The highest BCUT2D eigenvalue weighted by atomic mass is 35.5. The molecule has 0 radical (unpaired) electrons. The lowest BCUT2D eigenvalue weighted by Crippen LogP contribution is -2.27. The highest BCUT2D eigenvalue weighted by Gasteiger charge is 2.22. The van der Waals surface area contributed by atoms with Crippen LogP contribution < -0.4 is 11.0 Å². The zero-order valence-electron chi connectivity index (χ0n) is 15.0. The number of nitrogens with one attached hydrogen (secondary N) is 1. The molecule has 0 fully saturated rings. The van der Waals surface area contributed by atoms with Crippen molar-refractivity contribution in [3.05, 3.63) is 73.4 Å². The zero-order valence-corrected chi connectivity index (χ0v) is 17.4. The largest absolute Gasteiger partial charge is 0.349 e. The second kappa shape index (κ2) is 8.51. The molecule has 0 aliphatic heterocycles. The summed E-state index contributed by atoms with van der Waals surface area (Å²) in [7, 11) is 0. The van der Waals surface area contributed by atoms with Gasteiger partial charge >= 0.3 is 5.69 Å². The van der Waals surface area contributed by atoms with Gasteiger partial charge in [-0.05, 0) is 48.9 Å². The Kier molecular flexibility index (Phi) is 5.85. The number of rotatable bonds is 6. The molecule has 0 atom stereocenters. The van der Waals surface area contributed by atoms with Gasteiger partial charge in [0, 0.05) is 26.8 Å². The molecule has 2 aromatic heterocycles. The molecule has 28 heavy (non-hydrogen) atoms. The van der Waals surface area contributed by atoms with Crippen LogP contribution in [-0.4, -0.2) is 21.2 Å². The van der Waals surface area contributed by atoms with Crippen molar-refractivity contribution in [3.63, 3.8) is 0 Å². The number of anilines is 1. The minimum absolute atomic E-state index is 0.149. The monoisotopic (exact) mass is 431 g/mol. The van der Waals surface area contributed by atoms with Crippen LogP contribution in [0.2, 0.25) is 5.02 Å². The van der Waals surface area contributed by atoms with Crippen molar-refractivity contribution in [2.24, 2.45) is 0 Å². The van der Waals surface area contributed by atoms with Crippen LogP contribution >= 0.6 is 34.7 Å². The fraction of sp³-hybridized carbons (Fsp3) is 0.250. The van der Waals surface area contributed by atoms with E-state index >= 15 is 0 Å². The minimum Gasteiger partial charge on any atom is -0.325 e. The topological polar surface area (TPSA) is 64.0 Å². The number of halogens is 1. The summed E-state index contributed by atoms with van der Waals surface area (Å²) < 4.78 is 1.78. The van der Waals surface area contributed by atoms with Crippen LogP contribution in [0.4, 0.5) is 5.69 Å². The van der Waals surface area contributed by atoms with Crippen molar-refractivity contribution in [2.75, 3.05) is 11.1 Å². The number of hydrogen-bond donors (Lipinski definition) is 1. The maximum Gasteiger partial charge on any atom is 0.349 e. The Bertz CT molecular complexity index is 1060. The smallest absolute Gasteiger partial charge is 0.325 e. The summed E-state index contributed by atoms with van der Waals surface area (Å²) >= 11 is 8.90. The predicted molar refractivity (Wildman–Crippen MR) is 115 cm³/mol. The summed E-state index contributed by atoms with van der Waals surface area (Å²) in [6.07, 6.45) is 2.78. The molecule has 1 amide bonds. The van der Waals surface area contributed by atoms with E-state index in [9.17, 15) is 9.59 Å². The van der Waals surface area contributed by atoms with Crippen LogP contribution in [0, 0.1) is 0 Å².